The Morgan fingerprint density at radius 2 is 1.72 bits per heavy atom. The van der Waals surface area contributed by atoms with Crippen LogP contribution < -0.4 is 10.1 Å². The van der Waals surface area contributed by atoms with Crippen molar-refractivity contribution in [3.05, 3.63) is 53.9 Å². The van der Waals surface area contributed by atoms with Crippen LogP contribution in [0.4, 0.5) is 4.79 Å². The summed E-state index contributed by atoms with van der Waals surface area (Å²) in [6.07, 6.45) is 2.92. The maximum atomic E-state index is 11.8. The number of phenols is 1. The van der Waals surface area contributed by atoms with E-state index in [0.717, 1.165) is 29.8 Å². The second kappa shape index (κ2) is 7.93. The second-order valence-electron chi connectivity index (χ2n) is 9.11. The van der Waals surface area contributed by atoms with E-state index in [2.05, 4.69) is 24.1 Å². The molecule has 3 rings (SSSR count). The summed E-state index contributed by atoms with van der Waals surface area (Å²) in [5, 5.41) is 12.4. The van der Waals surface area contributed by atoms with Crippen LogP contribution in [0.5, 0.6) is 11.5 Å². The number of rotatable bonds is 5. The minimum absolute atomic E-state index is 0.0627. The predicted molar refractivity (Wildman–Crippen MR) is 111 cm³/mol. The van der Waals surface area contributed by atoms with Gasteiger partial charge in [0.15, 0.2) is 0 Å². The second-order valence-corrected chi connectivity index (χ2v) is 9.11. The number of benzene rings is 1. The lowest BCUT2D eigenvalue weighted by molar-refractivity contribution is 0.0362. The SMILES string of the molecule is CC(C)(C)OC(=O)N[C@H]1C[C@H](Oc2ccc(C(C)(C)c3ccc(O)cc3)nc2)C1. The highest BCUT2D eigenvalue weighted by Crippen LogP contribution is 2.32. The third-order valence-electron chi connectivity index (χ3n) is 5.08. The smallest absolute Gasteiger partial charge is 0.407 e. The summed E-state index contributed by atoms with van der Waals surface area (Å²) in [5.74, 6) is 0.970. The third-order valence-corrected chi connectivity index (χ3v) is 5.08. The van der Waals surface area contributed by atoms with E-state index in [1.165, 1.54) is 0 Å². The highest BCUT2D eigenvalue weighted by atomic mass is 16.6. The van der Waals surface area contributed by atoms with Gasteiger partial charge in [0, 0.05) is 24.3 Å². The molecule has 29 heavy (non-hydrogen) atoms. The zero-order valence-electron chi connectivity index (χ0n) is 17.7. The zero-order valence-corrected chi connectivity index (χ0v) is 17.7. The maximum Gasteiger partial charge on any atom is 0.407 e. The lowest BCUT2D eigenvalue weighted by atomic mass is 9.81. The molecule has 0 unspecified atom stereocenters. The van der Waals surface area contributed by atoms with Crippen LogP contribution >= 0.6 is 0 Å². The molecule has 0 aliphatic heterocycles. The molecular formula is C23H30N2O4. The number of carbonyl (C=O) groups is 1. The van der Waals surface area contributed by atoms with Crippen LogP contribution in [-0.4, -0.2) is 33.9 Å². The van der Waals surface area contributed by atoms with E-state index >= 15 is 0 Å². The highest BCUT2D eigenvalue weighted by molar-refractivity contribution is 5.68. The molecular weight excluding hydrogens is 368 g/mol. The molecule has 1 heterocycles. The van der Waals surface area contributed by atoms with Gasteiger partial charge in [-0.3, -0.25) is 4.98 Å². The Kier molecular flexibility index (Phi) is 5.73. The van der Waals surface area contributed by atoms with E-state index in [9.17, 15) is 9.90 Å². The molecule has 1 amide bonds. The molecule has 1 aliphatic carbocycles. The molecule has 0 bridgehead atoms. The number of alkyl carbamates (subject to hydrolysis) is 1. The fourth-order valence-electron chi connectivity index (χ4n) is 3.29. The summed E-state index contributed by atoms with van der Waals surface area (Å²) in [7, 11) is 0. The van der Waals surface area contributed by atoms with Gasteiger partial charge in [0.05, 0.1) is 11.9 Å². The summed E-state index contributed by atoms with van der Waals surface area (Å²) in [5.41, 5.74) is 1.22. The van der Waals surface area contributed by atoms with Crippen LogP contribution in [0.15, 0.2) is 42.6 Å². The van der Waals surface area contributed by atoms with Gasteiger partial charge in [0.1, 0.15) is 23.2 Å². The van der Waals surface area contributed by atoms with Crippen molar-refractivity contribution in [2.75, 3.05) is 0 Å². The van der Waals surface area contributed by atoms with Crippen LogP contribution in [-0.2, 0) is 10.2 Å². The van der Waals surface area contributed by atoms with Crippen molar-refractivity contribution in [1.82, 2.24) is 10.3 Å². The van der Waals surface area contributed by atoms with Gasteiger partial charge in [0.2, 0.25) is 0 Å². The molecule has 2 N–H and O–H groups in total. The van der Waals surface area contributed by atoms with Crippen molar-refractivity contribution < 1.29 is 19.4 Å². The molecule has 6 heteroatoms. The van der Waals surface area contributed by atoms with E-state index in [4.69, 9.17) is 9.47 Å². The average Bonchev–Trinajstić information content (AvgIpc) is 2.59. The van der Waals surface area contributed by atoms with Crippen LogP contribution in [0, 0.1) is 0 Å². The van der Waals surface area contributed by atoms with E-state index in [1.807, 2.05) is 45.0 Å². The minimum atomic E-state index is -0.495. The van der Waals surface area contributed by atoms with Crippen LogP contribution in [0.25, 0.3) is 0 Å². The van der Waals surface area contributed by atoms with Crippen molar-refractivity contribution in [1.29, 1.82) is 0 Å². The number of hydrogen-bond acceptors (Lipinski definition) is 5. The minimum Gasteiger partial charge on any atom is -0.508 e. The van der Waals surface area contributed by atoms with Crippen LogP contribution in [0.1, 0.15) is 58.7 Å². The Labute approximate surface area is 172 Å². The Hall–Kier alpha value is -2.76. The zero-order chi connectivity index (χ0) is 21.2. The number of amides is 1. The Morgan fingerprint density at radius 3 is 2.28 bits per heavy atom. The van der Waals surface area contributed by atoms with Crippen molar-refractivity contribution in [3.63, 3.8) is 0 Å². The average molecular weight is 399 g/mol. The molecule has 1 saturated carbocycles. The quantitative estimate of drug-likeness (QED) is 0.772. The third kappa shape index (κ3) is 5.40. The number of ether oxygens (including phenoxy) is 2. The normalized spacial score (nSPS) is 19.2. The molecule has 156 valence electrons. The van der Waals surface area contributed by atoms with Crippen molar-refractivity contribution in [3.8, 4) is 11.5 Å². The van der Waals surface area contributed by atoms with Gasteiger partial charge < -0.3 is 19.9 Å². The number of hydrogen-bond donors (Lipinski definition) is 2. The number of aromatic nitrogens is 1. The summed E-state index contributed by atoms with van der Waals surface area (Å²) in [6.45, 7) is 9.73. The maximum absolute atomic E-state index is 11.8. The first-order valence-electron chi connectivity index (χ1n) is 9.95. The van der Waals surface area contributed by atoms with Crippen molar-refractivity contribution in [2.24, 2.45) is 0 Å². The molecule has 0 atom stereocenters. The lowest BCUT2D eigenvalue weighted by Gasteiger charge is -2.36. The topological polar surface area (TPSA) is 80.7 Å². The number of nitrogens with zero attached hydrogens (tertiary/aromatic N) is 1. The molecule has 0 saturated heterocycles. The predicted octanol–water partition coefficient (Wildman–Crippen LogP) is 4.55. The molecule has 1 aromatic heterocycles. The van der Waals surface area contributed by atoms with Crippen LogP contribution in [0.2, 0.25) is 0 Å². The Balaban J connectivity index is 1.52. The summed E-state index contributed by atoms with van der Waals surface area (Å²) in [4.78, 5) is 16.4. The molecule has 1 fully saturated rings. The summed E-state index contributed by atoms with van der Waals surface area (Å²) >= 11 is 0. The van der Waals surface area contributed by atoms with Gasteiger partial charge in [-0.25, -0.2) is 4.79 Å². The van der Waals surface area contributed by atoms with Gasteiger partial charge in [-0.2, -0.15) is 0 Å². The Morgan fingerprint density at radius 1 is 1.07 bits per heavy atom. The van der Waals surface area contributed by atoms with Crippen molar-refractivity contribution >= 4 is 6.09 Å². The van der Waals surface area contributed by atoms with Gasteiger partial charge in [-0.05, 0) is 50.6 Å². The van der Waals surface area contributed by atoms with E-state index in [-0.39, 0.29) is 29.4 Å². The molecule has 1 aromatic carbocycles. The molecule has 2 aromatic rings. The number of carbonyl (C=O) groups excluding carboxylic acids is 1. The number of nitrogens with one attached hydrogen (secondary N) is 1. The van der Waals surface area contributed by atoms with Crippen LogP contribution in [0.3, 0.4) is 0 Å². The molecule has 6 nitrogen and oxygen atoms in total. The van der Waals surface area contributed by atoms with E-state index in [1.54, 1.807) is 18.3 Å². The number of pyridine rings is 1. The number of phenolic OH excluding ortho intramolecular Hbond substituents is 1. The number of aromatic hydroxyl groups is 1. The van der Waals surface area contributed by atoms with Gasteiger partial charge in [-0.15, -0.1) is 0 Å². The lowest BCUT2D eigenvalue weighted by Crippen LogP contribution is -2.50. The van der Waals surface area contributed by atoms with E-state index < -0.39 is 5.60 Å². The van der Waals surface area contributed by atoms with E-state index in [0.29, 0.717) is 0 Å². The summed E-state index contributed by atoms with van der Waals surface area (Å²) in [6, 6.07) is 11.2. The first-order valence-corrected chi connectivity index (χ1v) is 9.95. The monoisotopic (exact) mass is 398 g/mol. The van der Waals surface area contributed by atoms with Crippen molar-refractivity contribution in [2.45, 2.75) is 70.6 Å². The first-order chi connectivity index (χ1) is 13.5. The highest BCUT2D eigenvalue weighted by Gasteiger charge is 2.33. The fourth-order valence-corrected chi connectivity index (χ4v) is 3.29. The molecule has 0 spiro atoms. The molecule has 1 aliphatic rings. The molecule has 0 radical (unpaired) electrons. The van der Waals surface area contributed by atoms with Gasteiger partial charge in [0.25, 0.3) is 0 Å². The fraction of sp³-hybridized carbons (Fsp3) is 0.478. The Bertz CT molecular complexity index is 833. The standard InChI is InChI=1S/C23H30N2O4/c1-22(2,3)29-21(27)25-16-12-19(13-16)28-18-10-11-20(24-14-18)23(4,5)15-6-8-17(26)9-7-15/h6-11,14,16,19,26H,12-13H2,1-5H3,(H,25,27)/t16-,19-. The first kappa shape index (κ1) is 21.0. The van der Waals surface area contributed by atoms with Gasteiger partial charge >= 0.3 is 6.09 Å². The largest absolute Gasteiger partial charge is 0.508 e. The summed E-state index contributed by atoms with van der Waals surface area (Å²) < 4.78 is 11.2. The van der Waals surface area contributed by atoms with Gasteiger partial charge in [-0.1, -0.05) is 26.0 Å².